The lowest BCUT2D eigenvalue weighted by Gasteiger charge is -2.06. The predicted octanol–water partition coefficient (Wildman–Crippen LogP) is 1.45. The van der Waals surface area contributed by atoms with Gasteiger partial charge >= 0.3 is 0 Å². The van der Waals surface area contributed by atoms with Crippen LogP contribution < -0.4 is 0 Å². The molecule has 1 aromatic carbocycles. The number of aromatic nitrogens is 1. The van der Waals surface area contributed by atoms with Crippen LogP contribution in [0.25, 0.3) is 0 Å². The molecule has 0 unspecified atom stereocenters. The molecule has 0 spiro atoms. The van der Waals surface area contributed by atoms with Gasteiger partial charge in [-0.3, -0.25) is 4.98 Å². The van der Waals surface area contributed by atoms with Gasteiger partial charge in [-0.25, -0.2) is 0 Å². The van der Waals surface area contributed by atoms with Crippen molar-refractivity contribution in [3.8, 4) is 17.2 Å². The molecule has 0 atom stereocenters. The van der Waals surface area contributed by atoms with E-state index in [1.807, 2.05) is 0 Å². The number of rotatable bonds is 4. The minimum absolute atomic E-state index is 0.0622. The van der Waals surface area contributed by atoms with Gasteiger partial charge in [0.1, 0.15) is 5.75 Å². The number of aliphatic hydroxyl groups is 1. The number of aromatic hydroxyl groups is 3. The molecule has 114 valence electrons. The van der Waals surface area contributed by atoms with Gasteiger partial charge in [-0.2, -0.15) is 10.2 Å². The number of benzene rings is 1. The normalized spacial score (nSPS) is 11.5. The summed E-state index contributed by atoms with van der Waals surface area (Å²) >= 11 is 0. The minimum atomic E-state index is -0.280. The number of pyridine rings is 1. The molecular weight excluding hydrogens is 286 g/mol. The minimum Gasteiger partial charge on any atom is -0.505 e. The summed E-state index contributed by atoms with van der Waals surface area (Å²) in [7, 11) is 0. The van der Waals surface area contributed by atoms with Crippen molar-refractivity contribution in [3.05, 3.63) is 46.8 Å². The second-order valence-corrected chi connectivity index (χ2v) is 4.53. The lowest BCUT2D eigenvalue weighted by molar-refractivity contribution is 0.280. The van der Waals surface area contributed by atoms with Crippen molar-refractivity contribution in [2.75, 3.05) is 0 Å². The summed E-state index contributed by atoms with van der Waals surface area (Å²) in [6.45, 7) is 1.36. The van der Waals surface area contributed by atoms with Crippen molar-refractivity contribution in [1.29, 1.82) is 0 Å². The van der Waals surface area contributed by atoms with Crippen molar-refractivity contribution in [1.82, 2.24) is 4.98 Å². The van der Waals surface area contributed by atoms with Crippen LogP contribution in [0.4, 0.5) is 0 Å². The van der Waals surface area contributed by atoms with E-state index in [-0.39, 0.29) is 23.9 Å². The highest BCUT2D eigenvalue weighted by Crippen LogP contribution is 2.24. The third-order valence-corrected chi connectivity index (χ3v) is 2.99. The Bertz CT molecular complexity index is 742. The Kier molecular flexibility index (Phi) is 4.70. The number of phenolic OH excluding ortho intramolecular Hbond substituents is 2. The molecule has 0 amide bonds. The standard InChI is InChI=1S/C15H15N3O4/c1-9-15(22)12(11(8-19)6-16-9)7-18-17-5-10-2-3-13(20)14(21)4-10/h2-7,19-22H,8H2,1H3. The van der Waals surface area contributed by atoms with Gasteiger partial charge in [0.25, 0.3) is 0 Å². The van der Waals surface area contributed by atoms with E-state index in [9.17, 15) is 20.4 Å². The van der Waals surface area contributed by atoms with Crippen LogP contribution in [-0.4, -0.2) is 37.8 Å². The van der Waals surface area contributed by atoms with Crippen LogP contribution in [-0.2, 0) is 6.61 Å². The molecule has 7 heteroatoms. The fraction of sp³-hybridized carbons (Fsp3) is 0.133. The molecule has 22 heavy (non-hydrogen) atoms. The summed E-state index contributed by atoms with van der Waals surface area (Å²) in [5.41, 5.74) is 1.75. The highest BCUT2D eigenvalue weighted by molar-refractivity contribution is 5.87. The summed E-state index contributed by atoms with van der Waals surface area (Å²) in [5, 5.41) is 45.3. The van der Waals surface area contributed by atoms with Crippen LogP contribution in [0, 0.1) is 6.92 Å². The van der Waals surface area contributed by atoms with Crippen molar-refractivity contribution in [2.24, 2.45) is 10.2 Å². The maximum Gasteiger partial charge on any atom is 0.158 e. The maximum atomic E-state index is 9.92. The highest BCUT2D eigenvalue weighted by atomic mass is 16.3. The average molecular weight is 301 g/mol. The van der Waals surface area contributed by atoms with Gasteiger partial charge in [-0.05, 0) is 30.7 Å². The zero-order valence-corrected chi connectivity index (χ0v) is 11.8. The van der Waals surface area contributed by atoms with Gasteiger partial charge < -0.3 is 20.4 Å². The maximum absolute atomic E-state index is 9.92. The molecule has 0 aliphatic rings. The van der Waals surface area contributed by atoms with Gasteiger partial charge in [-0.15, -0.1) is 0 Å². The topological polar surface area (TPSA) is 119 Å². The Balaban J connectivity index is 2.20. The summed E-state index contributed by atoms with van der Waals surface area (Å²) in [6, 6.07) is 4.23. The zero-order valence-electron chi connectivity index (χ0n) is 11.8. The molecule has 0 radical (unpaired) electrons. The van der Waals surface area contributed by atoms with E-state index in [1.165, 1.54) is 30.8 Å². The molecule has 0 aliphatic heterocycles. The van der Waals surface area contributed by atoms with Crippen molar-refractivity contribution < 1.29 is 20.4 Å². The van der Waals surface area contributed by atoms with E-state index >= 15 is 0 Å². The Morgan fingerprint density at radius 1 is 1.09 bits per heavy atom. The fourth-order valence-corrected chi connectivity index (χ4v) is 1.73. The van der Waals surface area contributed by atoms with Crippen LogP contribution in [0.5, 0.6) is 17.2 Å². The molecule has 7 nitrogen and oxygen atoms in total. The molecule has 0 bridgehead atoms. The van der Waals surface area contributed by atoms with E-state index in [4.69, 9.17) is 0 Å². The average Bonchev–Trinajstić information content (AvgIpc) is 2.51. The van der Waals surface area contributed by atoms with Gasteiger partial charge in [-0.1, -0.05) is 0 Å². The molecule has 0 saturated carbocycles. The molecular formula is C15H15N3O4. The molecule has 2 aromatic rings. The van der Waals surface area contributed by atoms with Crippen LogP contribution in [0.2, 0.25) is 0 Å². The third kappa shape index (κ3) is 3.39. The first-order chi connectivity index (χ1) is 10.5. The van der Waals surface area contributed by atoms with E-state index in [0.717, 1.165) is 0 Å². The molecule has 1 aromatic heterocycles. The Labute approximate surface area is 126 Å². The SMILES string of the molecule is Cc1ncc(CO)c(C=NN=Cc2ccc(O)c(O)c2)c1O. The van der Waals surface area contributed by atoms with Crippen molar-refractivity contribution in [2.45, 2.75) is 13.5 Å². The Morgan fingerprint density at radius 2 is 1.82 bits per heavy atom. The summed E-state index contributed by atoms with van der Waals surface area (Å²) in [4.78, 5) is 3.94. The molecule has 0 saturated heterocycles. The number of nitrogens with zero attached hydrogens (tertiary/aromatic N) is 3. The third-order valence-electron chi connectivity index (χ3n) is 2.99. The number of aryl methyl sites for hydroxylation is 1. The summed E-state index contributed by atoms with van der Waals surface area (Å²) in [5.74, 6) is -0.531. The number of hydrogen-bond acceptors (Lipinski definition) is 7. The molecule has 4 N–H and O–H groups in total. The number of aliphatic hydroxyl groups excluding tert-OH is 1. The van der Waals surface area contributed by atoms with E-state index in [2.05, 4.69) is 15.2 Å². The van der Waals surface area contributed by atoms with Gasteiger partial charge in [0.15, 0.2) is 11.5 Å². The molecule has 2 rings (SSSR count). The number of hydrogen-bond donors (Lipinski definition) is 4. The smallest absolute Gasteiger partial charge is 0.158 e. The fourth-order valence-electron chi connectivity index (χ4n) is 1.73. The van der Waals surface area contributed by atoms with Gasteiger partial charge in [0.05, 0.1) is 24.7 Å². The highest BCUT2D eigenvalue weighted by Gasteiger charge is 2.08. The van der Waals surface area contributed by atoms with E-state index in [1.54, 1.807) is 13.0 Å². The largest absolute Gasteiger partial charge is 0.505 e. The first-order valence-corrected chi connectivity index (χ1v) is 6.39. The Hall–Kier alpha value is -2.93. The quantitative estimate of drug-likeness (QED) is 0.387. The lowest BCUT2D eigenvalue weighted by Crippen LogP contribution is -1.97. The van der Waals surface area contributed by atoms with Crippen LogP contribution in [0.1, 0.15) is 22.4 Å². The van der Waals surface area contributed by atoms with Crippen molar-refractivity contribution >= 4 is 12.4 Å². The van der Waals surface area contributed by atoms with Crippen LogP contribution in [0.15, 0.2) is 34.6 Å². The molecule has 1 heterocycles. The molecule has 0 aliphatic carbocycles. The Morgan fingerprint density at radius 3 is 2.50 bits per heavy atom. The second kappa shape index (κ2) is 6.68. The zero-order chi connectivity index (χ0) is 16.1. The molecule has 0 fully saturated rings. The van der Waals surface area contributed by atoms with Gasteiger partial charge in [0, 0.05) is 17.3 Å². The van der Waals surface area contributed by atoms with Gasteiger partial charge in [0.2, 0.25) is 0 Å². The van der Waals surface area contributed by atoms with Crippen LogP contribution >= 0.6 is 0 Å². The summed E-state index contributed by atoms with van der Waals surface area (Å²) < 4.78 is 0. The van der Waals surface area contributed by atoms with Crippen LogP contribution in [0.3, 0.4) is 0 Å². The first-order valence-electron chi connectivity index (χ1n) is 6.39. The lowest BCUT2D eigenvalue weighted by atomic mass is 10.1. The van der Waals surface area contributed by atoms with E-state index < -0.39 is 0 Å². The second-order valence-electron chi connectivity index (χ2n) is 4.53. The summed E-state index contributed by atoms with van der Waals surface area (Å²) in [6.07, 6.45) is 4.14. The monoisotopic (exact) mass is 301 g/mol. The van der Waals surface area contributed by atoms with E-state index in [0.29, 0.717) is 22.4 Å². The predicted molar refractivity (Wildman–Crippen MR) is 81.5 cm³/mol. The number of phenols is 2. The van der Waals surface area contributed by atoms with Crippen molar-refractivity contribution in [3.63, 3.8) is 0 Å². The first kappa shape index (κ1) is 15.5.